The molecule has 0 saturated carbocycles. The first kappa shape index (κ1) is 13.5. The summed E-state index contributed by atoms with van der Waals surface area (Å²) in [6, 6.07) is 3.08. The van der Waals surface area contributed by atoms with Crippen molar-refractivity contribution in [3.8, 4) is 17.1 Å². The number of hydrogen-bond donors (Lipinski definition) is 0. The fourth-order valence-electron chi connectivity index (χ4n) is 1.67. The Balaban J connectivity index is 2.71. The third kappa shape index (κ3) is 2.43. The van der Waals surface area contributed by atoms with E-state index in [0.717, 1.165) is 0 Å². The molecule has 0 spiro atoms. The van der Waals surface area contributed by atoms with Crippen molar-refractivity contribution in [1.82, 2.24) is 14.8 Å². The van der Waals surface area contributed by atoms with Crippen LogP contribution >= 0.6 is 15.9 Å². The average molecular weight is 327 g/mol. The number of nitro groups is 1. The summed E-state index contributed by atoms with van der Waals surface area (Å²) in [5, 5.41) is 15.3. The van der Waals surface area contributed by atoms with Crippen molar-refractivity contribution in [3.63, 3.8) is 0 Å². The Morgan fingerprint density at radius 1 is 1.47 bits per heavy atom. The lowest BCUT2D eigenvalue weighted by molar-refractivity contribution is -0.385. The summed E-state index contributed by atoms with van der Waals surface area (Å²) in [5.41, 5.74) is 0.351. The molecule has 0 aliphatic carbocycles. The minimum absolute atomic E-state index is 0.128. The summed E-state index contributed by atoms with van der Waals surface area (Å²) in [5.74, 6) is 1.25. The van der Waals surface area contributed by atoms with Gasteiger partial charge in [0.2, 0.25) is 5.75 Å². The molecule has 0 amide bonds. The second kappa shape index (κ2) is 4.96. The summed E-state index contributed by atoms with van der Waals surface area (Å²) in [6.07, 6.45) is 0. The van der Waals surface area contributed by atoms with Gasteiger partial charge < -0.3 is 4.74 Å². The van der Waals surface area contributed by atoms with Gasteiger partial charge in [-0.1, -0.05) is 15.9 Å². The summed E-state index contributed by atoms with van der Waals surface area (Å²) in [7, 11) is 3.14. The lowest BCUT2D eigenvalue weighted by Gasteiger charge is -2.06. The topological polar surface area (TPSA) is 83.1 Å². The third-order valence-corrected chi connectivity index (χ3v) is 3.11. The van der Waals surface area contributed by atoms with Crippen LogP contribution in [0.15, 0.2) is 16.6 Å². The van der Waals surface area contributed by atoms with Crippen LogP contribution in [0.5, 0.6) is 5.75 Å². The number of ether oxygens (including phenoxy) is 1. The number of nitrogens with zero attached hydrogens (tertiary/aromatic N) is 4. The second-order valence-corrected chi connectivity index (χ2v) is 4.78. The molecule has 0 aliphatic rings. The highest BCUT2D eigenvalue weighted by Gasteiger charge is 2.23. The van der Waals surface area contributed by atoms with E-state index in [1.165, 1.54) is 13.2 Å². The fourth-order valence-corrected chi connectivity index (χ4v) is 2.12. The van der Waals surface area contributed by atoms with E-state index < -0.39 is 4.92 Å². The molecule has 7 nitrogen and oxygen atoms in total. The molecule has 1 aromatic heterocycles. The molecule has 1 aromatic carbocycles. The summed E-state index contributed by atoms with van der Waals surface area (Å²) >= 11 is 3.24. The molecular weight excluding hydrogens is 316 g/mol. The van der Waals surface area contributed by atoms with Crippen LogP contribution < -0.4 is 4.74 Å². The Bertz CT molecular complexity index is 634. The van der Waals surface area contributed by atoms with Gasteiger partial charge in [-0.2, -0.15) is 5.10 Å². The van der Waals surface area contributed by atoms with Gasteiger partial charge in [-0.3, -0.25) is 14.8 Å². The van der Waals surface area contributed by atoms with Crippen LogP contribution in [0.3, 0.4) is 0 Å². The molecular formula is C11H11BrN4O3. The maximum atomic E-state index is 11.0. The van der Waals surface area contributed by atoms with E-state index in [1.807, 2.05) is 0 Å². The van der Waals surface area contributed by atoms with Crippen LogP contribution in [-0.4, -0.2) is 26.8 Å². The Morgan fingerprint density at radius 3 is 2.63 bits per heavy atom. The zero-order valence-electron chi connectivity index (χ0n) is 10.5. The van der Waals surface area contributed by atoms with E-state index in [1.54, 1.807) is 24.7 Å². The molecule has 8 heteroatoms. The molecule has 0 N–H and O–H groups in total. The molecule has 2 rings (SSSR count). The third-order valence-electron chi connectivity index (χ3n) is 2.66. The first-order chi connectivity index (χ1) is 8.93. The van der Waals surface area contributed by atoms with Gasteiger partial charge in [0, 0.05) is 17.6 Å². The molecule has 0 atom stereocenters. The standard InChI is InChI=1S/C11H11BrN4O3/c1-6-13-11(14-15(6)2)8-4-7(12)5-9(16(17)18)10(8)19-3/h4-5H,1-3H3. The maximum Gasteiger partial charge on any atom is 0.312 e. The van der Waals surface area contributed by atoms with E-state index in [2.05, 4.69) is 26.0 Å². The average Bonchev–Trinajstić information content (AvgIpc) is 2.68. The number of aromatic nitrogens is 3. The summed E-state index contributed by atoms with van der Waals surface area (Å²) in [4.78, 5) is 14.8. The van der Waals surface area contributed by atoms with Crippen LogP contribution in [0.4, 0.5) is 5.69 Å². The smallest absolute Gasteiger partial charge is 0.312 e. The maximum absolute atomic E-state index is 11.0. The van der Waals surface area contributed by atoms with Crippen molar-refractivity contribution in [3.05, 3.63) is 32.5 Å². The molecule has 2 aromatic rings. The van der Waals surface area contributed by atoms with Gasteiger partial charge in [0.05, 0.1) is 17.6 Å². The van der Waals surface area contributed by atoms with E-state index in [9.17, 15) is 10.1 Å². The van der Waals surface area contributed by atoms with Gasteiger partial charge in [0.15, 0.2) is 5.82 Å². The first-order valence-electron chi connectivity index (χ1n) is 5.34. The predicted octanol–water partition coefficient (Wildman–Crippen LogP) is 2.47. The quantitative estimate of drug-likeness (QED) is 0.639. The molecule has 0 unspecified atom stereocenters. The number of hydrogen-bond acceptors (Lipinski definition) is 5. The van der Waals surface area contributed by atoms with Crippen molar-refractivity contribution in [2.75, 3.05) is 7.11 Å². The molecule has 0 bridgehead atoms. The van der Waals surface area contributed by atoms with E-state index in [-0.39, 0.29) is 11.4 Å². The largest absolute Gasteiger partial charge is 0.490 e. The number of methoxy groups -OCH3 is 1. The van der Waals surface area contributed by atoms with Crippen molar-refractivity contribution in [2.24, 2.45) is 7.05 Å². The van der Waals surface area contributed by atoms with Gasteiger partial charge >= 0.3 is 5.69 Å². The number of benzene rings is 1. The summed E-state index contributed by atoms with van der Waals surface area (Å²) < 4.78 is 7.31. The minimum atomic E-state index is -0.497. The molecule has 0 fully saturated rings. The van der Waals surface area contributed by atoms with E-state index in [4.69, 9.17) is 4.74 Å². The van der Waals surface area contributed by atoms with Gasteiger partial charge in [0.1, 0.15) is 5.82 Å². The monoisotopic (exact) mass is 326 g/mol. The zero-order chi connectivity index (χ0) is 14.2. The number of nitro benzene ring substituents is 1. The summed E-state index contributed by atoms with van der Waals surface area (Å²) in [6.45, 7) is 1.80. The van der Waals surface area contributed by atoms with E-state index >= 15 is 0 Å². The Labute approximate surface area is 117 Å². The Hall–Kier alpha value is -1.96. The van der Waals surface area contributed by atoms with Crippen LogP contribution in [-0.2, 0) is 7.05 Å². The molecule has 1 heterocycles. The Morgan fingerprint density at radius 2 is 2.16 bits per heavy atom. The van der Waals surface area contributed by atoms with Crippen molar-refractivity contribution in [1.29, 1.82) is 0 Å². The Kier molecular flexibility index (Phi) is 3.52. The first-order valence-corrected chi connectivity index (χ1v) is 6.13. The number of aryl methyl sites for hydroxylation is 2. The van der Waals surface area contributed by atoms with Crippen LogP contribution in [0.1, 0.15) is 5.82 Å². The highest BCUT2D eigenvalue weighted by Crippen LogP contribution is 2.39. The lowest BCUT2D eigenvalue weighted by atomic mass is 10.1. The highest BCUT2D eigenvalue weighted by atomic mass is 79.9. The van der Waals surface area contributed by atoms with Gasteiger partial charge in [0.25, 0.3) is 0 Å². The molecule has 0 radical (unpaired) electrons. The van der Waals surface area contributed by atoms with Crippen LogP contribution in [0, 0.1) is 17.0 Å². The number of halogens is 1. The van der Waals surface area contributed by atoms with E-state index in [0.29, 0.717) is 21.7 Å². The zero-order valence-corrected chi connectivity index (χ0v) is 12.1. The highest BCUT2D eigenvalue weighted by molar-refractivity contribution is 9.10. The minimum Gasteiger partial charge on any atom is -0.490 e. The van der Waals surface area contributed by atoms with Crippen molar-refractivity contribution >= 4 is 21.6 Å². The molecule has 0 saturated heterocycles. The van der Waals surface area contributed by atoms with Gasteiger partial charge in [-0.15, -0.1) is 0 Å². The SMILES string of the molecule is COc1c(-c2nc(C)n(C)n2)cc(Br)cc1[N+](=O)[O-]. The molecule has 100 valence electrons. The normalized spacial score (nSPS) is 10.5. The van der Waals surface area contributed by atoms with Crippen molar-refractivity contribution in [2.45, 2.75) is 6.92 Å². The van der Waals surface area contributed by atoms with Crippen LogP contribution in [0.2, 0.25) is 0 Å². The molecule has 0 aliphatic heterocycles. The van der Waals surface area contributed by atoms with Gasteiger partial charge in [-0.05, 0) is 13.0 Å². The predicted molar refractivity (Wildman–Crippen MR) is 72.1 cm³/mol. The van der Waals surface area contributed by atoms with Crippen LogP contribution in [0.25, 0.3) is 11.4 Å². The van der Waals surface area contributed by atoms with Crippen molar-refractivity contribution < 1.29 is 9.66 Å². The fraction of sp³-hybridized carbons (Fsp3) is 0.273. The number of rotatable bonds is 3. The van der Waals surface area contributed by atoms with Gasteiger partial charge in [-0.25, -0.2) is 4.98 Å². The molecule has 19 heavy (non-hydrogen) atoms. The lowest BCUT2D eigenvalue weighted by Crippen LogP contribution is -1.97. The second-order valence-electron chi connectivity index (χ2n) is 3.87.